The lowest BCUT2D eigenvalue weighted by Crippen LogP contribution is -2.21. The summed E-state index contributed by atoms with van der Waals surface area (Å²) in [5.41, 5.74) is 0. The van der Waals surface area contributed by atoms with Crippen molar-refractivity contribution in [1.82, 2.24) is 0 Å². The number of nitrogens with two attached hydrogens (primary N) is 1. The first-order chi connectivity index (χ1) is 12.9. The quantitative estimate of drug-likeness (QED) is 0.421. The lowest BCUT2D eigenvalue weighted by molar-refractivity contribution is -0.193. The molecule has 0 spiro atoms. The summed E-state index contributed by atoms with van der Waals surface area (Å²) in [6, 6.07) is 3.12. The van der Waals surface area contributed by atoms with E-state index in [0.717, 1.165) is 11.3 Å². The number of aliphatic carboxylic acids is 3. The van der Waals surface area contributed by atoms with Crippen molar-refractivity contribution in [2.45, 2.75) is 22.7 Å². The van der Waals surface area contributed by atoms with E-state index in [1.807, 2.05) is 0 Å². The molecular weight excluding hydrogens is 497 g/mol. The molecule has 1 aromatic heterocycles. The van der Waals surface area contributed by atoms with Crippen LogP contribution in [0.15, 0.2) is 21.7 Å². The molecule has 1 aromatic rings. The minimum Gasteiger partial charge on any atom is -0.475 e. The molecule has 9 nitrogen and oxygen atoms in total. The van der Waals surface area contributed by atoms with Crippen molar-refractivity contribution in [3.05, 3.63) is 17.5 Å². The van der Waals surface area contributed by atoms with E-state index in [0.29, 0.717) is 0 Å². The molecule has 0 fully saturated rings. The van der Waals surface area contributed by atoms with Crippen LogP contribution in [-0.4, -0.2) is 60.2 Å². The van der Waals surface area contributed by atoms with Gasteiger partial charge in [0.15, 0.2) is 0 Å². The van der Waals surface area contributed by atoms with Crippen LogP contribution in [0, 0.1) is 0 Å². The fourth-order valence-corrected chi connectivity index (χ4v) is 1.85. The fraction of sp³-hybridized carbons (Fsp3) is 0.300. The third kappa shape index (κ3) is 18.7. The number of primary sulfonamides is 1. The molecular formula is C10H8F9NO8S2. The molecule has 0 unspecified atom stereocenters. The average molecular weight is 505 g/mol. The summed E-state index contributed by atoms with van der Waals surface area (Å²) in [4.78, 5) is 26.7. The lowest BCUT2D eigenvalue weighted by atomic mass is 10.7. The highest BCUT2D eigenvalue weighted by molar-refractivity contribution is 7.91. The summed E-state index contributed by atoms with van der Waals surface area (Å²) in [6.45, 7) is 0. The second-order valence-electron chi connectivity index (χ2n) is 3.89. The molecule has 0 atom stereocenters. The Labute approximate surface area is 163 Å². The van der Waals surface area contributed by atoms with Crippen LogP contribution in [0.2, 0.25) is 0 Å². The zero-order valence-corrected chi connectivity index (χ0v) is 15.0. The summed E-state index contributed by atoms with van der Waals surface area (Å²) in [5.74, 6) is -8.27. The molecule has 176 valence electrons. The first-order valence-corrected chi connectivity index (χ1v) is 8.33. The Morgan fingerprint density at radius 1 is 0.767 bits per heavy atom. The van der Waals surface area contributed by atoms with Crippen molar-refractivity contribution in [1.29, 1.82) is 0 Å². The number of sulfonamides is 1. The van der Waals surface area contributed by atoms with E-state index in [2.05, 4.69) is 0 Å². The molecule has 20 heteroatoms. The van der Waals surface area contributed by atoms with Gasteiger partial charge in [0.25, 0.3) is 0 Å². The third-order valence-corrected chi connectivity index (χ3v) is 3.85. The van der Waals surface area contributed by atoms with Crippen LogP contribution in [0.5, 0.6) is 0 Å². The Balaban J connectivity index is -0.000000327. The van der Waals surface area contributed by atoms with Gasteiger partial charge in [0, 0.05) is 0 Å². The Hall–Kier alpha value is -2.61. The second kappa shape index (κ2) is 12.2. The van der Waals surface area contributed by atoms with Gasteiger partial charge in [-0.3, -0.25) is 0 Å². The van der Waals surface area contributed by atoms with Crippen LogP contribution in [0.3, 0.4) is 0 Å². The van der Waals surface area contributed by atoms with E-state index >= 15 is 0 Å². The minimum absolute atomic E-state index is 0.211. The fourth-order valence-electron chi connectivity index (χ4n) is 0.425. The maximum Gasteiger partial charge on any atom is 0.490 e. The number of hydrogen-bond acceptors (Lipinski definition) is 6. The number of halogens is 9. The number of hydrogen-bond donors (Lipinski definition) is 4. The minimum atomic E-state index is -5.08. The second-order valence-corrected chi connectivity index (χ2v) is 6.62. The molecule has 0 amide bonds. The molecule has 1 heterocycles. The van der Waals surface area contributed by atoms with E-state index in [9.17, 15) is 47.9 Å². The molecule has 0 saturated carbocycles. The van der Waals surface area contributed by atoms with Crippen molar-refractivity contribution >= 4 is 39.3 Å². The van der Waals surface area contributed by atoms with Crippen LogP contribution in [-0.2, 0) is 24.4 Å². The molecule has 0 aromatic carbocycles. The molecule has 0 radical (unpaired) electrons. The summed E-state index contributed by atoms with van der Waals surface area (Å²) in [6.07, 6.45) is -15.3. The number of rotatable bonds is 1. The molecule has 0 bridgehead atoms. The molecule has 30 heavy (non-hydrogen) atoms. The van der Waals surface area contributed by atoms with Gasteiger partial charge >= 0.3 is 36.4 Å². The van der Waals surface area contributed by atoms with Gasteiger partial charge in [0.2, 0.25) is 10.0 Å². The monoisotopic (exact) mass is 505 g/mol. The molecule has 0 saturated heterocycles. The van der Waals surface area contributed by atoms with E-state index < -0.39 is 46.5 Å². The first kappa shape index (κ1) is 32.1. The maximum atomic E-state index is 10.6. The summed E-state index contributed by atoms with van der Waals surface area (Å²) < 4.78 is 116. The number of carboxylic acids is 3. The standard InChI is InChI=1S/C4H5NO2S2.3C2HF3O2/c5-9(6,7)4-2-1-3-8-4;3*3-2(4,5)1(6)7/h1-3H,(H2,5,6,7);3*(H,6,7). The predicted molar refractivity (Wildman–Crippen MR) is 76.8 cm³/mol. The largest absolute Gasteiger partial charge is 0.490 e. The molecule has 5 N–H and O–H groups in total. The predicted octanol–water partition coefficient (Wildman–Crippen LogP) is 2.30. The number of alkyl halides is 9. The number of carboxylic acid groups (broad SMARTS) is 3. The SMILES string of the molecule is NS(=O)(=O)c1cccs1.O=C(O)C(F)(F)F.O=C(O)C(F)(F)F.O=C(O)C(F)(F)F. The Kier molecular flexibility index (Phi) is 13.0. The normalized spacial score (nSPS) is 11.4. The molecule has 0 aliphatic carbocycles. The van der Waals surface area contributed by atoms with Crippen molar-refractivity contribution in [2.75, 3.05) is 0 Å². The van der Waals surface area contributed by atoms with E-state index in [4.69, 9.17) is 34.8 Å². The zero-order valence-electron chi connectivity index (χ0n) is 13.4. The van der Waals surface area contributed by atoms with Gasteiger partial charge in [-0.25, -0.2) is 27.9 Å². The van der Waals surface area contributed by atoms with Crippen LogP contribution < -0.4 is 5.14 Å². The lowest BCUT2D eigenvalue weighted by Gasteiger charge is -1.93. The van der Waals surface area contributed by atoms with Crippen LogP contribution in [0.25, 0.3) is 0 Å². The first-order valence-electron chi connectivity index (χ1n) is 5.90. The third-order valence-electron chi connectivity index (χ3n) is 1.50. The van der Waals surface area contributed by atoms with Gasteiger partial charge in [-0.2, -0.15) is 39.5 Å². The summed E-state index contributed by atoms with van der Waals surface area (Å²) in [7, 11) is -3.44. The average Bonchev–Trinajstić information content (AvgIpc) is 3.00. The van der Waals surface area contributed by atoms with Crippen molar-refractivity contribution in [2.24, 2.45) is 5.14 Å². The maximum absolute atomic E-state index is 10.6. The van der Waals surface area contributed by atoms with E-state index in [1.54, 1.807) is 11.4 Å². The van der Waals surface area contributed by atoms with Crippen molar-refractivity contribution in [3.63, 3.8) is 0 Å². The molecule has 0 aliphatic heterocycles. The van der Waals surface area contributed by atoms with Crippen molar-refractivity contribution < 1.29 is 77.6 Å². The number of carbonyl (C=O) groups is 3. The van der Waals surface area contributed by atoms with Gasteiger partial charge in [-0.1, -0.05) is 6.07 Å². The van der Waals surface area contributed by atoms with E-state index in [1.165, 1.54) is 6.07 Å². The zero-order chi connectivity index (χ0) is 25.1. The Morgan fingerprint density at radius 2 is 1.00 bits per heavy atom. The smallest absolute Gasteiger partial charge is 0.475 e. The topological polar surface area (TPSA) is 172 Å². The van der Waals surface area contributed by atoms with E-state index in [-0.39, 0.29) is 4.21 Å². The van der Waals surface area contributed by atoms with Crippen molar-refractivity contribution in [3.8, 4) is 0 Å². The summed E-state index contributed by atoms with van der Waals surface area (Å²) in [5, 5.41) is 27.8. The van der Waals surface area contributed by atoms with Gasteiger partial charge < -0.3 is 15.3 Å². The molecule has 1 rings (SSSR count). The van der Waals surface area contributed by atoms with Crippen LogP contribution in [0.4, 0.5) is 39.5 Å². The Morgan fingerprint density at radius 3 is 1.07 bits per heavy atom. The van der Waals surface area contributed by atoms with Gasteiger partial charge in [0.05, 0.1) is 0 Å². The highest BCUT2D eigenvalue weighted by Crippen LogP contribution is 2.14. The number of thiophene rings is 1. The van der Waals surface area contributed by atoms with Gasteiger partial charge in [-0.15, -0.1) is 11.3 Å². The van der Waals surface area contributed by atoms with Crippen LogP contribution >= 0.6 is 11.3 Å². The van der Waals surface area contributed by atoms with Gasteiger partial charge in [-0.05, 0) is 11.4 Å². The summed E-state index contributed by atoms with van der Waals surface area (Å²) >= 11 is 1.12. The highest BCUT2D eigenvalue weighted by Gasteiger charge is 2.39. The van der Waals surface area contributed by atoms with Gasteiger partial charge in [0.1, 0.15) is 4.21 Å². The van der Waals surface area contributed by atoms with Crippen LogP contribution in [0.1, 0.15) is 0 Å². The Bertz CT molecular complexity index is 725. The highest BCUT2D eigenvalue weighted by atomic mass is 32.2. The molecule has 0 aliphatic rings.